The fourth-order valence-electron chi connectivity index (χ4n) is 1.13. The van der Waals surface area contributed by atoms with Crippen molar-refractivity contribution in [2.24, 2.45) is 0 Å². The Morgan fingerprint density at radius 3 is 2.53 bits per heavy atom. The van der Waals surface area contributed by atoms with Crippen molar-refractivity contribution in [1.82, 2.24) is 5.32 Å². The zero-order valence-electron chi connectivity index (χ0n) is 7.49. The van der Waals surface area contributed by atoms with Gasteiger partial charge in [-0.1, -0.05) is 36.0 Å². The van der Waals surface area contributed by atoms with E-state index in [1.165, 1.54) is 0 Å². The van der Waals surface area contributed by atoms with Crippen LogP contribution in [0, 0.1) is 0 Å². The molecular formula is C10H6ClNOS2. The van der Waals surface area contributed by atoms with Crippen LogP contribution in [0.15, 0.2) is 29.2 Å². The molecule has 0 bridgehead atoms. The van der Waals surface area contributed by atoms with Gasteiger partial charge in [0.2, 0.25) is 0 Å². The minimum Gasteiger partial charge on any atom is -0.307 e. The quantitative estimate of drug-likeness (QED) is 0.616. The van der Waals surface area contributed by atoms with E-state index in [0.29, 0.717) is 10.0 Å². The van der Waals surface area contributed by atoms with Crippen molar-refractivity contribution < 1.29 is 4.79 Å². The van der Waals surface area contributed by atoms with Crippen LogP contribution in [0.1, 0.15) is 5.56 Å². The second-order valence-corrected chi connectivity index (χ2v) is 4.76. The van der Waals surface area contributed by atoms with Gasteiger partial charge in [0, 0.05) is 5.02 Å². The molecule has 0 unspecified atom stereocenters. The van der Waals surface area contributed by atoms with Crippen molar-refractivity contribution >= 4 is 51.9 Å². The van der Waals surface area contributed by atoms with Crippen LogP contribution in [0.2, 0.25) is 5.02 Å². The van der Waals surface area contributed by atoms with E-state index >= 15 is 0 Å². The van der Waals surface area contributed by atoms with Crippen molar-refractivity contribution in [2.45, 2.75) is 0 Å². The topological polar surface area (TPSA) is 29.1 Å². The molecule has 0 atom stereocenters. The van der Waals surface area contributed by atoms with Crippen LogP contribution in [0.5, 0.6) is 0 Å². The summed E-state index contributed by atoms with van der Waals surface area (Å²) in [5, 5.41) is 3.12. The van der Waals surface area contributed by atoms with E-state index in [9.17, 15) is 4.79 Å². The lowest BCUT2D eigenvalue weighted by Crippen LogP contribution is -2.15. The van der Waals surface area contributed by atoms with E-state index in [0.717, 1.165) is 22.2 Å². The van der Waals surface area contributed by atoms with Gasteiger partial charge in [0.25, 0.3) is 5.24 Å². The average molecular weight is 256 g/mol. The fourth-order valence-corrected chi connectivity index (χ4v) is 2.29. The number of amides is 1. The third kappa shape index (κ3) is 2.59. The highest BCUT2D eigenvalue weighted by Crippen LogP contribution is 2.26. The minimum atomic E-state index is -0.125. The number of rotatable bonds is 1. The van der Waals surface area contributed by atoms with E-state index in [4.69, 9.17) is 23.8 Å². The summed E-state index contributed by atoms with van der Waals surface area (Å²) >= 11 is 11.9. The van der Waals surface area contributed by atoms with E-state index < -0.39 is 0 Å². The van der Waals surface area contributed by atoms with Gasteiger partial charge in [-0.25, -0.2) is 0 Å². The number of hydrogen-bond donors (Lipinski definition) is 1. The maximum atomic E-state index is 11.0. The molecule has 2 rings (SSSR count). The Labute approximate surface area is 102 Å². The number of thiocarbonyl (C=S) groups is 1. The lowest BCUT2D eigenvalue weighted by Gasteiger charge is -1.96. The highest BCUT2D eigenvalue weighted by Gasteiger charge is 2.21. The highest BCUT2D eigenvalue weighted by molar-refractivity contribution is 8.19. The lowest BCUT2D eigenvalue weighted by molar-refractivity contribution is 0.265. The van der Waals surface area contributed by atoms with Crippen LogP contribution in [0.4, 0.5) is 4.79 Å². The SMILES string of the molecule is O=C1NC(=S)C(=Cc2ccc(Cl)cc2)S1. The predicted molar refractivity (Wildman–Crippen MR) is 68.1 cm³/mol. The summed E-state index contributed by atoms with van der Waals surface area (Å²) in [6.45, 7) is 0. The number of halogens is 1. The van der Waals surface area contributed by atoms with Gasteiger partial charge in [-0.15, -0.1) is 0 Å². The zero-order valence-corrected chi connectivity index (χ0v) is 9.88. The van der Waals surface area contributed by atoms with Crippen LogP contribution >= 0.6 is 35.6 Å². The smallest absolute Gasteiger partial charge is 0.289 e. The van der Waals surface area contributed by atoms with Crippen molar-refractivity contribution in [2.75, 3.05) is 0 Å². The van der Waals surface area contributed by atoms with Gasteiger partial charge in [0.15, 0.2) is 0 Å². The van der Waals surface area contributed by atoms with Gasteiger partial charge in [0.1, 0.15) is 4.99 Å². The van der Waals surface area contributed by atoms with Gasteiger partial charge in [-0.3, -0.25) is 4.79 Å². The van der Waals surface area contributed by atoms with Crippen molar-refractivity contribution in [1.29, 1.82) is 0 Å². The predicted octanol–water partition coefficient (Wildman–Crippen LogP) is 3.46. The van der Waals surface area contributed by atoms with Crippen LogP contribution < -0.4 is 5.32 Å². The standard InChI is InChI=1S/C10H6ClNOS2/c11-7-3-1-6(2-4-7)5-8-9(14)12-10(13)15-8/h1-5H,(H,12,13,14). The molecule has 1 aliphatic rings. The molecule has 1 amide bonds. The number of hydrogen-bond acceptors (Lipinski definition) is 3. The molecule has 1 heterocycles. The van der Waals surface area contributed by atoms with E-state index in [2.05, 4.69) is 5.32 Å². The number of carbonyl (C=O) groups excluding carboxylic acids is 1. The maximum absolute atomic E-state index is 11.0. The third-order valence-electron chi connectivity index (χ3n) is 1.81. The zero-order chi connectivity index (χ0) is 10.8. The summed E-state index contributed by atoms with van der Waals surface area (Å²) in [5.41, 5.74) is 0.973. The molecule has 0 aliphatic carbocycles. The lowest BCUT2D eigenvalue weighted by atomic mass is 10.2. The van der Waals surface area contributed by atoms with Gasteiger partial charge in [-0.2, -0.15) is 0 Å². The minimum absolute atomic E-state index is 0.125. The number of benzene rings is 1. The van der Waals surface area contributed by atoms with Crippen LogP contribution in [-0.4, -0.2) is 10.2 Å². The van der Waals surface area contributed by atoms with Crippen LogP contribution in [-0.2, 0) is 0 Å². The molecule has 15 heavy (non-hydrogen) atoms. The average Bonchev–Trinajstić information content (AvgIpc) is 2.49. The van der Waals surface area contributed by atoms with Gasteiger partial charge < -0.3 is 5.32 Å². The van der Waals surface area contributed by atoms with Crippen LogP contribution in [0.3, 0.4) is 0 Å². The molecule has 0 aromatic heterocycles. The van der Waals surface area contributed by atoms with E-state index in [1.807, 2.05) is 18.2 Å². The summed E-state index contributed by atoms with van der Waals surface area (Å²) in [4.78, 5) is 12.3. The van der Waals surface area contributed by atoms with Crippen molar-refractivity contribution in [3.63, 3.8) is 0 Å². The third-order valence-corrected chi connectivity index (χ3v) is 3.34. The first-order valence-corrected chi connectivity index (χ1v) is 5.76. The molecule has 1 fully saturated rings. The van der Waals surface area contributed by atoms with Crippen LogP contribution in [0.25, 0.3) is 6.08 Å². The Balaban J connectivity index is 2.27. The number of carbonyl (C=O) groups is 1. The summed E-state index contributed by atoms with van der Waals surface area (Å²) in [7, 11) is 0. The molecule has 1 N–H and O–H groups in total. The fraction of sp³-hybridized carbons (Fsp3) is 0. The highest BCUT2D eigenvalue weighted by atomic mass is 35.5. The Bertz CT molecular complexity index is 453. The normalized spacial score (nSPS) is 18.3. The van der Waals surface area contributed by atoms with Gasteiger partial charge in [-0.05, 0) is 35.5 Å². The number of thioether (sulfide) groups is 1. The largest absolute Gasteiger partial charge is 0.307 e. The Morgan fingerprint density at radius 2 is 2.00 bits per heavy atom. The molecule has 0 saturated carbocycles. The Morgan fingerprint density at radius 1 is 1.33 bits per heavy atom. The van der Waals surface area contributed by atoms with Crippen molar-refractivity contribution in [3.05, 3.63) is 39.8 Å². The first kappa shape index (κ1) is 10.7. The molecule has 76 valence electrons. The second-order valence-electron chi connectivity index (χ2n) is 2.90. The Kier molecular flexibility index (Phi) is 3.09. The molecular weight excluding hydrogens is 250 g/mol. The summed E-state index contributed by atoms with van der Waals surface area (Å²) < 4.78 is 0. The summed E-state index contributed by atoms with van der Waals surface area (Å²) in [6.07, 6.45) is 1.86. The molecule has 1 aliphatic heterocycles. The number of nitrogens with one attached hydrogen (secondary N) is 1. The molecule has 2 nitrogen and oxygen atoms in total. The molecule has 5 heteroatoms. The monoisotopic (exact) mass is 255 g/mol. The van der Waals surface area contributed by atoms with Gasteiger partial charge >= 0.3 is 0 Å². The van der Waals surface area contributed by atoms with E-state index in [1.54, 1.807) is 12.1 Å². The Hall–Kier alpha value is -0.840. The molecule has 1 aromatic rings. The maximum Gasteiger partial charge on any atom is 0.289 e. The van der Waals surface area contributed by atoms with Gasteiger partial charge in [0.05, 0.1) is 4.91 Å². The molecule has 0 spiro atoms. The molecule has 1 aromatic carbocycles. The second kappa shape index (κ2) is 4.35. The first-order chi connectivity index (χ1) is 7.15. The molecule has 0 radical (unpaired) electrons. The summed E-state index contributed by atoms with van der Waals surface area (Å²) in [5.74, 6) is 0. The molecule has 1 saturated heterocycles. The first-order valence-electron chi connectivity index (χ1n) is 4.15. The summed E-state index contributed by atoms with van der Waals surface area (Å²) in [6, 6.07) is 7.35. The van der Waals surface area contributed by atoms with E-state index in [-0.39, 0.29) is 5.24 Å². The van der Waals surface area contributed by atoms with Crippen molar-refractivity contribution in [3.8, 4) is 0 Å².